The highest BCUT2D eigenvalue weighted by atomic mass is 35.5. The van der Waals surface area contributed by atoms with Gasteiger partial charge in [-0.1, -0.05) is 30.3 Å². The number of carbonyl (C=O) groups is 2. The van der Waals surface area contributed by atoms with Gasteiger partial charge in [0.1, 0.15) is 0 Å². The van der Waals surface area contributed by atoms with Crippen LogP contribution in [0, 0.1) is 0 Å². The maximum atomic E-state index is 12.7. The van der Waals surface area contributed by atoms with Crippen molar-refractivity contribution < 1.29 is 14.7 Å². The maximum Gasteiger partial charge on any atom is 0.322 e. The molecule has 7 heteroatoms. The van der Waals surface area contributed by atoms with Gasteiger partial charge in [-0.15, -0.1) is 12.4 Å². The first-order valence-corrected chi connectivity index (χ1v) is 11.2. The summed E-state index contributed by atoms with van der Waals surface area (Å²) in [6.45, 7) is 7.17. The van der Waals surface area contributed by atoms with Crippen LogP contribution in [0.3, 0.4) is 0 Å². The highest BCUT2D eigenvalue weighted by Crippen LogP contribution is 2.33. The predicted octanol–water partition coefficient (Wildman–Crippen LogP) is 4.21. The Morgan fingerprint density at radius 3 is 2.44 bits per heavy atom. The lowest BCUT2D eigenvalue weighted by Crippen LogP contribution is -2.33. The second-order valence-corrected chi connectivity index (χ2v) is 8.79. The molecule has 1 fully saturated rings. The Kier molecular flexibility index (Phi) is 7.80. The number of hydrogen-bond donors (Lipinski definition) is 2. The molecule has 0 radical (unpaired) electrons. The molecule has 4 rings (SSSR count). The van der Waals surface area contributed by atoms with Gasteiger partial charge in [0.2, 0.25) is 0 Å². The van der Waals surface area contributed by atoms with E-state index in [1.165, 1.54) is 11.1 Å². The van der Waals surface area contributed by atoms with Gasteiger partial charge in [0, 0.05) is 37.8 Å². The van der Waals surface area contributed by atoms with Crippen LogP contribution in [-0.4, -0.2) is 47.7 Å². The highest BCUT2D eigenvalue weighted by molar-refractivity contribution is 5.95. The second kappa shape index (κ2) is 10.4. The van der Waals surface area contributed by atoms with Gasteiger partial charge in [-0.25, -0.2) is 4.79 Å². The van der Waals surface area contributed by atoms with E-state index in [2.05, 4.69) is 42.3 Å². The van der Waals surface area contributed by atoms with Crippen LogP contribution in [0.15, 0.2) is 42.5 Å². The fraction of sp³-hybridized carbons (Fsp3) is 0.440. The topological polar surface area (TPSA) is 72.9 Å². The molecule has 172 valence electrons. The van der Waals surface area contributed by atoms with Gasteiger partial charge in [-0.3, -0.25) is 9.69 Å². The molecular weight excluding hydrogens is 426 g/mol. The molecule has 2 amide bonds. The van der Waals surface area contributed by atoms with Crippen LogP contribution in [0.4, 0.5) is 10.5 Å². The molecule has 2 aromatic rings. The molecule has 1 unspecified atom stereocenters. The van der Waals surface area contributed by atoms with Crippen LogP contribution < -0.4 is 10.2 Å². The van der Waals surface area contributed by atoms with E-state index in [1.807, 2.05) is 29.2 Å². The number of anilines is 1. The lowest BCUT2D eigenvalue weighted by atomic mass is 9.99. The normalized spacial score (nSPS) is 18.7. The monoisotopic (exact) mass is 457 g/mol. The number of benzene rings is 2. The zero-order valence-corrected chi connectivity index (χ0v) is 19.5. The highest BCUT2D eigenvalue weighted by Gasteiger charge is 2.33. The lowest BCUT2D eigenvalue weighted by molar-refractivity contribution is -0.136. The number of nitrogens with one attached hydrogen (secondary N) is 1. The van der Waals surface area contributed by atoms with Gasteiger partial charge in [-0.05, 0) is 67.5 Å². The summed E-state index contributed by atoms with van der Waals surface area (Å²) in [6, 6.07) is 14.8. The Morgan fingerprint density at radius 1 is 1.09 bits per heavy atom. The minimum absolute atomic E-state index is 0. The molecule has 32 heavy (non-hydrogen) atoms. The Bertz CT molecular complexity index is 961. The quantitative estimate of drug-likeness (QED) is 0.681. The molecule has 6 nitrogen and oxygen atoms in total. The largest absolute Gasteiger partial charge is 0.481 e. The maximum absolute atomic E-state index is 12.7. The second-order valence-electron chi connectivity index (χ2n) is 8.79. The Hall–Kier alpha value is -2.57. The first-order valence-electron chi connectivity index (χ1n) is 11.2. The molecule has 2 aromatic carbocycles. The summed E-state index contributed by atoms with van der Waals surface area (Å²) in [7, 11) is 0. The summed E-state index contributed by atoms with van der Waals surface area (Å²) in [5.74, 6) is -0.791. The number of fused-ring (bicyclic) bond motifs is 1. The van der Waals surface area contributed by atoms with E-state index in [9.17, 15) is 9.59 Å². The van der Waals surface area contributed by atoms with Crippen molar-refractivity contribution in [2.24, 2.45) is 0 Å². The van der Waals surface area contributed by atoms with Crippen LogP contribution in [0.1, 0.15) is 48.6 Å². The average Bonchev–Trinajstić information content (AvgIpc) is 3.00. The van der Waals surface area contributed by atoms with Crippen molar-refractivity contribution in [2.75, 3.05) is 24.5 Å². The molecule has 2 aliphatic heterocycles. The number of carboxylic acid groups (broad SMARTS) is 1. The fourth-order valence-electron chi connectivity index (χ4n) is 4.62. The van der Waals surface area contributed by atoms with Crippen molar-refractivity contribution in [1.29, 1.82) is 0 Å². The molecule has 1 saturated heterocycles. The summed E-state index contributed by atoms with van der Waals surface area (Å²) in [5.41, 5.74) is 5.70. The molecule has 1 atom stereocenters. The van der Waals surface area contributed by atoms with E-state index >= 15 is 0 Å². The third-order valence-corrected chi connectivity index (χ3v) is 6.50. The minimum atomic E-state index is -0.791. The zero-order chi connectivity index (χ0) is 22.0. The van der Waals surface area contributed by atoms with E-state index in [0.29, 0.717) is 19.0 Å². The minimum Gasteiger partial charge on any atom is -0.481 e. The number of aryl methyl sites for hydroxylation is 1. The van der Waals surface area contributed by atoms with Crippen molar-refractivity contribution >= 4 is 30.1 Å². The fourth-order valence-corrected chi connectivity index (χ4v) is 4.62. The van der Waals surface area contributed by atoms with Crippen molar-refractivity contribution in [1.82, 2.24) is 10.2 Å². The molecule has 0 spiro atoms. The van der Waals surface area contributed by atoms with Gasteiger partial charge >= 0.3 is 12.0 Å². The van der Waals surface area contributed by atoms with Gasteiger partial charge in [-0.2, -0.15) is 0 Å². The number of rotatable bonds is 6. The molecular formula is C25H32ClN3O3. The van der Waals surface area contributed by atoms with Gasteiger partial charge in [0.05, 0.1) is 6.04 Å². The van der Waals surface area contributed by atoms with Gasteiger partial charge in [0.15, 0.2) is 0 Å². The van der Waals surface area contributed by atoms with E-state index < -0.39 is 5.97 Å². The Balaban J connectivity index is 0.00000289. The first kappa shape index (κ1) is 24.1. The number of carbonyl (C=O) groups excluding carboxylic acids is 1. The summed E-state index contributed by atoms with van der Waals surface area (Å²) < 4.78 is 0. The van der Waals surface area contributed by atoms with E-state index in [1.54, 1.807) is 0 Å². The van der Waals surface area contributed by atoms with E-state index in [4.69, 9.17) is 5.11 Å². The van der Waals surface area contributed by atoms with Crippen molar-refractivity contribution in [3.8, 4) is 0 Å². The van der Waals surface area contributed by atoms with Crippen LogP contribution in [0.25, 0.3) is 0 Å². The Morgan fingerprint density at radius 2 is 1.78 bits per heavy atom. The predicted molar refractivity (Wildman–Crippen MR) is 129 cm³/mol. The molecule has 0 bridgehead atoms. The lowest BCUT2D eigenvalue weighted by Gasteiger charge is -2.25. The number of carboxylic acids is 1. The molecule has 2 aliphatic rings. The number of aliphatic carboxylic acids is 1. The third-order valence-electron chi connectivity index (χ3n) is 6.50. The number of urea groups is 1. The smallest absolute Gasteiger partial charge is 0.322 e. The van der Waals surface area contributed by atoms with Crippen LogP contribution in [-0.2, 0) is 24.1 Å². The first-order chi connectivity index (χ1) is 14.9. The summed E-state index contributed by atoms with van der Waals surface area (Å²) in [5, 5.41) is 11.9. The molecule has 2 N–H and O–H groups in total. The van der Waals surface area contributed by atoms with Crippen LogP contribution >= 0.6 is 12.4 Å². The number of amides is 2. The SMILES string of the molecule is CC(C)N1CCc2ccc(N3C(=O)NCC3c3ccc(CCC(=O)O)cc3)cc2CC1.Cl. The van der Waals surface area contributed by atoms with Crippen molar-refractivity contribution in [3.05, 3.63) is 64.7 Å². The van der Waals surface area contributed by atoms with Gasteiger partial charge in [0.25, 0.3) is 0 Å². The number of nitrogens with zero attached hydrogens (tertiary/aromatic N) is 2. The van der Waals surface area contributed by atoms with Crippen molar-refractivity contribution in [3.63, 3.8) is 0 Å². The number of hydrogen-bond acceptors (Lipinski definition) is 3. The molecule has 0 aromatic heterocycles. The number of halogens is 1. The summed E-state index contributed by atoms with van der Waals surface area (Å²) >= 11 is 0. The standard InChI is InChI=1S/C25H31N3O3.ClH/c1-17(2)27-13-11-19-8-9-22(15-21(19)12-14-27)28-23(16-26-25(28)31)20-6-3-18(4-7-20)5-10-24(29)30;/h3-4,6-9,15,17,23H,5,10-14,16H2,1-2H3,(H,26,31)(H,29,30);1H. The molecule has 0 saturated carbocycles. The molecule has 2 heterocycles. The van der Waals surface area contributed by atoms with Crippen LogP contribution in [0.2, 0.25) is 0 Å². The average molecular weight is 458 g/mol. The summed E-state index contributed by atoms with van der Waals surface area (Å²) in [4.78, 5) is 27.9. The van der Waals surface area contributed by atoms with Crippen LogP contribution in [0.5, 0.6) is 0 Å². The summed E-state index contributed by atoms with van der Waals surface area (Å²) in [6.07, 6.45) is 2.68. The van der Waals surface area contributed by atoms with E-state index in [-0.39, 0.29) is 30.9 Å². The Labute approximate surface area is 196 Å². The van der Waals surface area contributed by atoms with Crippen molar-refractivity contribution in [2.45, 2.75) is 51.6 Å². The van der Waals surface area contributed by atoms with E-state index in [0.717, 1.165) is 42.7 Å². The molecule has 0 aliphatic carbocycles. The van der Waals surface area contributed by atoms with Gasteiger partial charge < -0.3 is 15.3 Å². The third kappa shape index (κ3) is 5.25. The zero-order valence-electron chi connectivity index (χ0n) is 18.7.